The van der Waals surface area contributed by atoms with E-state index in [0.717, 1.165) is 51.4 Å². The highest BCUT2D eigenvalue weighted by molar-refractivity contribution is 5.77. The van der Waals surface area contributed by atoms with Gasteiger partial charge in [-0.25, -0.2) is 0 Å². The number of rotatable bonds is 49. The van der Waals surface area contributed by atoms with Gasteiger partial charge in [-0.3, -0.25) is 9.59 Å². The van der Waals surface area contributed by atoms with E-state index in [0.29, 0.717) is 19.3 Å². The van der Waals surface area contributed by atoms with Gasteiger partial charge in [0.1, 0.15) is 6.10 Å². The molecule has 60 heavy (non-hydrogen) atoms. The standard InChI is InChI=1S/C54H105NO5/c1-4-7-10-13-16-19-22-25-27-29-32-35-38-41-44-47-54(59)60-50(45-42-39-36-33-30-24-21-18-15-12-9-6-3)48-53(58)55-51(49-56)52(57)46-43-40-37-34-31-28-26-23-20-17-14-11-8-5-2/h33,36,50-52,56-57H,4-32,34-35,37-49H2,1-3H3,(H,55,58)/b36-33-. The summed E-state index contributed by atoms with van der Waals surface area (Å²) in [5, 5.41) is 23.8. The summed E-state index contributed by atoms with van der Waals surface area (Å²) >= 11 is 0. The fraction of sp³-hybridized carbons (Fsp3) is 0.926. The molecule has 0 bridgehead atoms. The van der Waals surface area contributed by atoms with Crippen molar-refractivity contribution in [2.24, 2.45) is 0 Å². The predicted octanol–water partition coefficient (Wildman–Crippen LogP) is 16.1. The highest BCUT2D eigenvalue weighted by Crippen LogP contribution is 2.18. The predicted molar refractivity (Wildman–Crippen MR) is 260 cm³/mol. The van der Waals surface area contributed by atoms with Gasteiger partial charge in [0.15, 0.2) is 0 Å². The Kier molecular flexibility index (Phi) is 47.5. The Morgan fingerprint density at radius 1 is 0.467 bits per heavy atom. The second-order valence-corrected chi connectivity index (χ2v) is 18.6. The fourth-order valence-corrected chi connectivity index (χ4v) is 8.49. The van der Waals surface area contributed by atoms with Crippen LogP contribution in [0.2, 0.25) is 0 Å². The average molecular weight is 848 g/mol. The number of amides is 1. The van der Waals surface area contributed by atoms with Crippen LogP contribution in [0, 0.1) is 0 Å². The normalized spacial score (nSPS) is 13.2. The third kappa shape index (κ3) is 43.3. The second kappa shape index (κ2) is 48.6. The number of unbranched alkanes of at least 4 members (excludes halogenated alkanes) is 35. The maximum absolute atomic E-state index is 13.2. The number of carbonyl (C=O) groups excluding carboxylic acids is 2. The molecule has 0 spiro atoms. The Morgan fingerprint density at radius 3 is 1.22 bits per heavy atom. The molecule has 1 amide bonds. The number of hydrogen-bond acceptors (Lipinski definition) is 5. The van der Waals surface area contributed by atoms with E-state index >= 15 is 0 Å². The number of ether oxygens (including phenoxy) is 1. The SMILES string of the molecule is CCCCCCCCC/C=C\CCCC(CC(=O)NC(CO)C(O)CCCCCCCCCCCCCCCC)OC(=O)CCCCCCCCCCCCCCCCC. The van der Waals surface area contributed by atoms with Crippen LogP contribution in [0.1, 0.15) is 297 Å². The second-order valence-electron chi connectivity index (χ2n) is 18.6. The van der Waals surface area contributed by atoms with Gasteiger partial charge in [-0.2, -0.15) is 0 Å². The number of nitrogens with one attached hydrogen (secondary N) is 1. The molecule has 356 valence electrons. The van der Waals surface area contributed by atoms with Gasteiger partial charge in [-0.1, -0.05) is 251 Å². The highest BCUT2D eigenvalue weighted by Gasteiger charge is 2.24. The molecular weight excluding hydrogens is 743 g/mol. The van der Waals surface area contributed by atoms with E-state index in [1.807, 2.05) is 0 Å². The quantitative estimate of drug-likeness (QED) is 0.0322. The zero-order chi connectivity index (χ0) is 43.8. The monoisotopic (exact) mass is 848 g/mol. The Hall–Kier alpha value is -1.40. The summed E-state index contributed by atoms with van der Waals surface area (Å²) in [6.45, 7) is 6.50. The Labute approximate surface area is 374 Å². The largest absolute Gasteiger partial charge is 0.462 e. The summed E-state index contributed by atoms with van der Waals surface area (Å²) in [5.74, 6) is -0.484. The number of carbonyl (C=O) groups is 2. The summed E-state index contributed by atoms with van der Waals surface area (Å²) < 4.78 is 5.92. The molecule has 0 radical (unpaired) electrons. The van der Waals surface area contributed by atoms with Crippen LogP contribution >= 0.6 is 0 Å². The minimum Gasteiger partial charge on any atom is -0.462 e. The molecule has 0 aliphatic carbocycles. The van der Waals surface area contributed by atoms with Crippen molar-refractivity contribution < 1.29 is 24.5 Å². The summed E-state index contributed by atoms with van der Waals surface area (Å²) in [6.07, 6.45) is 54.2. The molecule has 6 heteroatoms. The maximum Gasteiger partial charge on any atom is 0.306 e. The maximum atomic E-state index is 13.2. The zero-order valence-electron chi connectivity index (χ0n) is 40.6. The number of hydrogen-bond donors (Lipinski definition) is 3. The number of aliphatic hydroxyl groups excluding tert-OH is 2. The van der Waals surface area contributed by atoms with Gasteiger partial charge in [0.05, 0.1) is 25.2 Å². The molecule has 0 rings (SSSR count). The molecule has 0 aromatic rings. The lowest BCUT2D eigenvalue weighted by Gasteiger charge is -2.24. The Bertz CT molecular complexity index is 909. The topological polar surface area (TPSA) is 95.9 Å². The lowest BCUT2D eigenvalue weighted by Crippen LogP contribution is -2.46. The van der Waals surface area contributed by atoms with E-state index in [2.05, 4.69) is 38.2 Å². The number of allylic oxidation sites excluding steroid dienone is 2. The van der Waals surface area contributed by atoms with Crippen molar-refractivity contribution in [1.82, 2.24) is 5.32 Å². The first kappa shape index (κ1) is 58.6. The molecule has 0 aromatic heterocycles. The smallest absolute Gasteiger partial charge is 0.306 e. The third-order valence-corrected chi connectivity index (χ3v) is 12.6. The number of aliphatic hydroxyl groups is 2. The molecule has 0 aliphatic rings. The molecular formula is C54H105NO5. The molecule has 0 aliphatic heterocycles. The first-order valence-corrected chi connectivity index (χ1v) is 26.9. The van der Waals surface area contributed by atoms with Crippen molar-refractivity contribution in [2.45, 2.75) is 315 Å². The van der Waals surface area contributed by atoms with Crippen molar-refractivity contribution >= 4 is 11.9 Å². The van der Waals surface area contributed by atoms with Crippen LogP contribution in [0.4, 0.5) is 0 Å². The van der Waals surface area contributed by atoms with Gasteiger partial charge in [0.2, 0.25) is 5.91 Å². The van der Waals surface area contributed by atoms with Crippen molar-refractivity contribution in [3.05, 3.63) is 12.2 Å². The van der Waals surface area contributed by atoms with Gasteiger partial charge in [0, 0.05) is 6.42 Å². The van der Waals surface area contributed by atoms with E-state index in [1.54, 1.807) is 0 Å². The Balaban J connectivity index is 4.51. The van der Waals surface area contributed by atoms with Crippen LogP contribution < -0.4 is 5.32 Å². The van der Waals surface area contributed by atoms with Gasteiger partial charge >= 0.3 is 5.97 Å². The molecule has 0 saturated carbocycles. The lowest BCUT2D eigenvalue weighted by atomic mass is 10.0. The molecule has 6 nitrogen and oxygen atoms in total. The molecule has 3 atom stereocenters. The fourth-order valence-electron chi connectivity index (χ4n) is 8.49. The van der Waals surface area contributed by atoms with E-state index in [1.165, 1.54) is 199 Å². The Morgan fingerprint density at radius 2 is 0.817 bits per heavy atom. The third-order valence-electron chi connectivity index (χ3n) is 12.6. The highest BCUT2D eigenvalue weighted by atomic mass is 16.5. The molecule has 3 N–H and O–H groups in total. The van der Waals surface area contributed by atoms with Crippen molar-refractivity contribution in [3.8, 4) is 0 Å². The van der Waals surface area contributed by atoms with Crippen LogP contribution in [0.3, 0.4) is 0 Å². The van der Waals surface area contributed by atoms with Crippen LogP contribution in [0.5, 0.6) is 0 Å². The molecule has 0 aromatic carbocycles. The molecule has 3 unspecified atom stereocenters. The van der Waals surface area contributed by atoms with Crippen molar-refractivity contribution in [2.75, 3.05) is 6.61 Å². The molecule has 0 heterocycles. The van der Waals surface area contributed by atoms with Gasteiger partial charge in [-0.05, 0) is 44.9 Å². The van der Waals surface area contributed by atoms with Gasteiger partial charge in [0.25, 0.3) is 0 Å². The van der Waals surface area contributed by atoms with Crippen molar-refractivity contribution in [3.63, 3.8) is 0 Å². The van der Waals surface area contributed by atoms with Gasteiger partial charge in [-0.15, -0.1) is 0 Å². The van der Waals surface area contributed by atoms with Crippen LogP contribution in [-0.4, -0.2) is 46.9 Å². The summed E-state index contributed by atoms with van der Waals surface area (Å²) in [6, 6.07) is -0.703. The van der Waals surface area contributed by atoms with Crippen LogP contribution in [0.25, 0.3) is 0 Å². The zero-order valence-corrected chi connectivity index (χ0v) is 40.6. The van der Waals surface area contributed by atoms with Crippen molar-refractivity contribution in [1.29, 1.82) is 0 Å². The van der Waals surface area contributed by atoms with E-state index < -0.39 is 18.2 Å². The average Bonchev–Trinajstić information content (AvgIpc) is 3.24. The first-order chi connectivity index (χ1) is 29.5. The van der Waals surface area contributed by atoms with E-state index in [9.17, 15) is 19.8 Å². The lowest BCUT2D eigenvalue weighted by molar-refractivity contribution is -0.151. The van der Waals surface area contributed by atoms with Crippen LogP contribution in [-0.2, 0) is 14.3 Å². The van der Waals surface area contributed by atoms with Gasteiger partial charge < -0.3 is 20.3 Å². The summed E-state index contributed by atoms with van der Waals surface area (Å²) in [5.41, 5.74) is 0. The minimum atomic E-state index is -0.788. The van der Waals surface area contributed by atoms with E-state index in [-0.39, 0.29) is 24.9 Å². The van der Waals surface area contributed by atoms with Crippen LogP contribution in [0.15, 0.2) is 12.2 Å². The molecule has 0 fully saturated rings. The summed E-state index contributed by atoms with van der Waals surface area (Å²) in [4.78, 5) is 26.1. The van der Waals surface area contributed by atoms with E-state index in [4.69, 9.17) is 4.74 Å². The summed E-state index contributed by atoms with van der Waals surface area (Å²) in [7, 11) is 0. The molecule has 0 saturated heterocycles. The number of esters is 1. The minimum absolute atomic E-state index is 0.0639. The first-order valence-electron chi connectivity index (χ1n) is 26.9.